The van der Waals surface area contributed by atoms with Crippen molar-refractivity contribution < 1.29 is 13.2 Å². The van der Waals surface area contributed by atoms with E-state index >= 15 is 0 Å². The summed E-state index contributed by atoms with van der Waals surface area (Å²) in [5, 5.41) is 2.66. The first-order chi connectivity index (χ1) is 9.01. The summed E-state index contributed by atoms with van der Waals surface area (Å²) in [4.78, 5) is 11.3. The fraction of sp³-hybridized carbons (Fsp3) is 0.462. The number of hydrogen-bond acceptors (Lipinski definition) is 3. The quantitative estimate of drug-likeness (QED) is 0.858. The summed E-state index contributed by atoms with van der Waals surface area (Å²) in [6.45, 7) is 2.37. The van der Waals surface area contributed by atoms with Gasteiger partial charge >= 0.3 is 0 Å². The zero-order chi connectivity index (χ0) is 13.9. The summed E-state index contributed by atoms with van der Waals surface area (Å²) in [5.74, 6) is -0.0252. The van der Waals surface area contributed by atoms with E-state index in [0.717, 1.165) is 12.0 Å². The van der Waals surface area contributed by atoms with Gasteiger partial charge in [0.25, 0.3) is 0 Å². The van der Waals surface area contributed by atoms with Crippen molar-refractivity contribution >= 4 is 15.9 Å². The lowest BCUT2D eigenvalue weighted by Crippen LogP contribution is -2.47. The fourth-order valence-electron chi connectivity index (χ4n) is 2.03. The van der Waals surface area contributed by atoms with Gasteiger partial charge in [-0.3, -0.25) is 4.79 Å². The van der Waals surface area contributed by atoms with Gasteiger partial charge in [-0.05, 0) is 30.5 Å². The molecule has 1 aromatic carbocycles. The molecule has 1 atom stereocenters. The highest BCUT2D eigenvalue weighted by Gasteiger charge is 2.23. The van der Waals surface area contributed by atoms with Gasteiger partial charge in [0, 0.05) is 19.0 Å². The SMILES string of the molecule is CCc1ccc(S(=O)(=O)NC2CCC(=O)NC2)cc1. The van der Waals surface area contributed by atoms with E-state index in [1.165, 1.54) is 0 Å². The van der Waals surface area contributed by atoms with Crippen molar-refractivity contribution in [3.05, 3.63) is 29.8 Å². The maximum absolute atomic E-state index is 12.2. The highest BCUT2D eigenvalue weighted by Crippen LogP contribution is 2.13. The van der Waals surface area contributed by atoms with E-state index in [-0.39, 0.29) is 16.8 Å². The summed E-state index contributed by atoms with van der Waals surface area (Å²) in [5.41, 5.74) is 1.10. The summed E-state index contributed by atoms with van der Waals surface area (Å²) >= 11 is 0. The summed E-state index contributed by atoms with van der Waals surface area (Å²) < 4.78 is 26.9. The maximum Gasteiger partial charge on any atom is 0.240 e. The molecule has 2 rings (SSSR count). The van der Waals surface area contributed by atoms with Crippen molar-refractivity contribution in [3.8, 4) is 0 Å². The van der Waals surface area contributed by atoms with Gasteiger partial charge in [0.05, 0.1) is 4.90 Å². The zero-order valence-electron chi connectivity index (χ0n) is 10.8. The molecule has 6 heteroatoms. The molecule has 1 saturated heterocycles. The van der Waals surface area contributed by atoms with E-state index in [1.54, 1.807) is 12.1 Å². The number of nitrogens with one attached hydrogen (secondary N) is 2. The molecule has 104 valence electrons. The van der Waals surface area contributed by atoms with Crippen LogP contribution in [-0.4, -0.2) is 26.9 Å². The molecular formula is C13H18N2O3S. The topological polar surface area (TPSA) is 75.3 Å². The van der Waals surface area contributed by atoms with E-state index < -0.39 is 10.0 Å². The molecule has 0 saturated carbocycles. The summed E-state index contributed by atoms with van der Waals surface area (Å²) in [6, 6.07) is 6.63. The van der Waals surface area contributed by atoms with E-state index in [4.69, 9.17) is 0 Å². The van der Waals surface area contributed by atoms with Crippen LogP contribution in [0.2, 0.25) is 0 Å². The first-order valence-corrected chi connectivity index (χ1v) is 7.87. The lowest BCUT2D eigenvalue weighted by molar-refractivity contribution is -0.122. The minimum Gasteiger partial charge on any atom is -0.355 e. The third kappa shape index (κ3) is 3.54. The largest absolute Gasteiger partial charge is 0.355 e. The van der Waals surface area contributed by atoms with Gasteiger partial charge in [-0.2, -0.15) is 0 Å². The molecule has 2 N–H and O–H groups in total. The van der Waals surface area contributed by atoms with Crippen molar-refractivity contribution in [2.45, 2.75) is 37.1 Å². The second kappa shape index (κ2) is 5.71. The number of piperidine rings is 1. The number of rotatable bonds is 4. The predicted molar refractivity (Wildman–Crippen MR) is 72.2 cm³/mol. The number of amides is 1. The second-order valence-corrected chi connectivity index (χ2v) is 6.37. The molecule has 1 heterocycles. The van der Waals surface area contributed by atoms with Crippen LogP contribution in [-0.2, 0) is 21.2 Å². The summed E-state index contributed by atoms with van der Waals surface area (Å²) in [7, 11) is -3.50. The van der Waals surface area contributed by atoms with Crippen LogP contribution >= 0.6 is 0 Å². The Balaban J connectivity index is 2.06. The van der Waals surface area contributed by atoms with Gasteiger partial charge in [-0.15, -0.1) is 0 Å². The van der Waals surface area contributed by atoms with Crippen LogP contribution in [0.4, 0.5) is 0 Å². The molecule has 1 aromatic rings. The normalized spacial score (nSPS) is 20.1. The number of benzene rings is 1. The Morgan fingerprint density at radius 1 is 1.32 bits per heavy atom. The van der Waals surface area contributed by atoms with Crippen LogP contribution in [0, 0.1) is 0 Å². The van der Waals surface area contributed by atoms with Crippen LogP contribution < -0.4 is 10.0 Å². The molecule has 19 heavy (non-hydrogen) atoms. The molecule has 0 aliphatic carbocycles. The third-order valence-electron chi connectivity index (χ3n) is 3.23. The summed E-state index contributed by atoms with van der Waals surface area (Å²) in [6.07, 6.45) is 1.78. The molecule has 1 fully saturated rings. The predicted octanol–water partition coefficient (Wildman–Crippen LogP) is 0.806. The van der Waals surface area contributed by atoms with Gasteiger partial charge in [0.2, 0.25) is 15.9 Å². The molecule has 1 aliphatic rings. The highest BCUT2D eigenvalue weighted by atomic mass is 32.2. The van der Waals surface area contributed by atoms with Gasteiger partial charge in [-0.1, -0.05) is 19.1 Å². The first kappa shape index (κ1) is 14.0. The van der Waals surface area contributed by atoms with Gasteiger partial charge in [0.15, 0.2) is 0 Å². The van der Waals surface area contributed by atoms with Crippen LogP contribution in [0.25, 0.3) is 0 Å². The highest BCUT2D eigenvalue weighted by molar-refractivity contribution is 7.89. The van der Waals surface area contributed by atoms with Crippen molar-refractivity contribution in [2.75, 3.05) is 6.54 Å². The molecular weight excluding hydrogens is 264 g/mol. The monoisotopic (exact) mass is 282 g/mol. The Bertz CT molecular complexity index is 542. The van der Waals surface area contributed by atoms with E-state index in [9.17, 15) is 13.2 Å². The first-order valence-electron chi connectivity index (χ1n) is 6.39. The number of carbonyl (C=O) groups is 1. The smallest absolute Gasteiger partial charge is 0.240 e. The molecule has 0 aromatic heterocycles. The Morgan fingerprint density at radius 2 is 2.00 bits per heavy atom. The average Bonchev–Trinajstić information content (AvgIpc) is 2.41. The molecule has 5 nitrogen and oxygen atoms in total. The number of hydrogen-bond donors (Lipinski definition) is 2. The van der Waals surface area contributed by atoms with Gasteiger partial charge in [0.1, 0.15) is 0 Å². The van der Waals surface area contributed by atoms with Gasteiger partial charge in [-0.25, -0.2) is 13.1 Å². The average molecular weight is 282 g/mol. The lowest BCUT2D eigenvalue weighted by Gasteiger charge is -2.23. The minimum atomic E-state index is -3.50. The Hall–Kier alpha value is -1.40. The molecule has 1 amide bonds. The van der Waals surface area contributed by atoms with E-state index in [1.807, 2.05) is 19.1 Å². The minimum absolute atomic E-state index is 0.0252. The lowest BCUT2D eigenvalue weighted by atomic mass is 10.1. The Morgan fingerprint density at radius 3 is 2.53 bits per heavy atom. The molecule has 1 aliphatic heterocycles. The van der Waals surface area contributed by atoms with E-state index in [0.29, 0.717) is 19.4 Å². The Labute approximate surface area is 113 Å². The van der Waals surface area contributed by atoms with Crippen LogP contribution in [0.1, 0.15) is 25.3 Å². The molecule has 0 spiro atoms. The Kier molecular flexibility index (Phi) is 4.21. The van der Waals surface area contributed by atoms with Crippen molar-refractivity contribution in [2.24, 2.45) is 0 Å². The fourth-order valence-corrected chi connectivity index (χ4v) is 3.30. The van der Waals surface area contributed by atoms with Crippen LogP contribution in [0.15, 0.2) is 29.2 Å². The second-order valence-electron chi connectivity index (χ2n) is 4.66. The van der Waals surface area contributed by atoms with Crippen molar-refractivity contribution in [1.82, 2.24) is 10.0 Å². The molecule has 0 bridgehead atoms. The van der Waals surface area contributed by atoms with Crippen molar-refractivity contribution in [1.29, 1.82) is 0 Å². The van der Waals surface area contributed by atoms with E-state index in [2.05, 4.69) is 10.0 Å². The standard InChI is InChI=1S/C13H18N2O3S/c1-2-10-3-6-12(7-4-10)19(17,18)15-11-5-8-13(16)14-9-11/h3-4,6-7,11,15H,2,5,8-9H2,1H3,(H,14,16). The number of carbonyl (C=O) groups excluding carboxylic acids is 1. The number of sulfonamides is 1. The van der Waals surface area contributed by atoms with Crippen LogP contribution in [0.3, 0.4) is 0 Å². The number of aryl methyl sites for hydroxylation is 1. The maximum atomic E-state index is 12.2. The van der Waals surface area contributed by atoms with Gasteiger partial charge < -0.3 is 5.32 Å². The molecule has 1 unspecified atom stereocenters. The van der Waals surface area contributed by atoms with Crippen molar-refractivity contribution in [3.63, 3.8) is 0 Å². The van der Waals surface area contributed by atoms with Crippen LogP contribution in [0.5, 0.6) is 0 Å². The molecule has 0 radical (unpaired) electrons. The third-order valence-corrected chi connectivity index (χ3v) is 4.77. The zero-order valence-corrected chi connectivity index (χ0v) is 11.7.